The summed E-state index contributed by atoms with van der Waals surface area (Å²) in [6, 6.07) is 13.3. The summed E-state index contributed by atoms with van der Waals surface area (Å²) in [5.41, 5.74) is 2.03. The van der Waals surface area contributed by atoms with Gasteiger partial charge >= 0.3 is 0 Å². The second-order valence-corrected chi connectivity index (χ2v) is 8.09. The lowest BCUT2D eigenvalue weighted by atomic mass is 10.2. The van der Waals surface area contributed by atoms with Gasteiger partial charge in [-0.2, -0.15) is 0 Å². The Kier molecular flexibility index (Phi) is 8.08. The van der Waals surface area contributed by atoms with Crippen LogP contribution in [0.2, 0.25) is 0 Å². The Morgan fingerprint density at radius 1 is 1.16 bits per heavy atom. The van der Waals surface area contributed by atoms with Gasteiger partial charge in [-0.1, -0.05) is 23.5 Å². The third kappa shape index (κ3) is 5.57. The maximum absolute atomic E-state index is 13.1. The number of methoxy groups -OCH3 is 1. The second kappa shape index (κ2) is 11.0. The first-order chi connectivity index (χ1) is 15.1. The third-order valence-corrected chi connectivity index (χ3v) is 5.96. The van der Waals surface area contributed by atoms with Crippen molar-refractivity contribution in [1.82, 2.24) is 14.5 Å². The van der Waals surface area contributed by atoms with E-state index in [0.29, 0.717) is 17.4 Å². The summed E-state index contributed by atoms with van der Waals surface area (Å²) in [5, 5.41) is 0.693. The van der Waals surface area contributed by atoms with Crippen molar-refractivity contribution in [3.8, 4) is 11.5 Å². The first kappa shape index (κ1) is 23.6. The average Bonchev–Trinajstić information content (AvgIpc) is 3.46. The molecule has 7 nitrogen and oxygen atoms in total. The fourth-order valence-electron chi connectivity index (χ4n) is 3.24. The number of aryl methyl sites for hydroxylation is 2. The molecule has 4 rings (SSSR count). The number of anilines is 1. The highest BCUT2D eigenvalue weighted by molar-refractivity contribution is 7.22. The van der Waals surface area contributed by atoms with E-state index in [0.717, 1.165) is 34.5 Å². The van der Waals surface area contributed by atoms with E-state index in [1.54, 1.807) is 48.8 Å². The van der Waals surface area contributed by atoms with E-state index in [2.05, 4.69) is 4.98 Å². The topological polar surface area (TPSA) is 69.5 Å². The smallest absolute Gasteiger partial charge is 0.266 e. The van der Waals surface area contributed by atoms with Gasteiger partial charge < -0.3 is 14.0 Å². The van der Waals surface area contributed by atoms with Gasteiger partial charge in [0.25, 0.3) is 5.91 Å². The average molecular weight is 473 g/mol. The predicted molar refractivity (Wildman–Crippen MR) is 129 cm³/mol. The van der Waals surface area contributed by atoms with Gasteiger partial charge in [0.15, 0.2) is 11.7 Å². The molecule has 0 saturated heterocycles. The number of ether oxygens (including phenoxy) is 2. The Hall–Kier alpha value is -3.10. The predicted octanol–water partition coefficient (Wildman–Crippen LogP) is 4.73. The molecule has 1 amide bonds. The van der Waals surface area contributed by atoms with Gasteiger partial charge in [0.05, 0.1) is 23.7 Å². The summed E-state index contributed by atoms with van der Waals surface area (Å²) < 4.78 is 14.0. The SMILES string of the molecule is COc1ccc(OCC(=O)N(CCCn2ccnc2)c2nc3c(C)cccc3s2)cc1.Cl. The number of aromatic nitrogens is 3. The van der Waals surface area contributed by atoms with Crippen LogP contribution in [0.4, 0.5) is 5.13 Å². The summed E-state index contributed by atoms with van der Waals surface area (Å²) in [4.78, 5) is 23.7. The van der Waals surface area contributed by atoms with Gasteiger partial charge in [0.1, 0.15) is 11.5 Å². The molecular formula is C23H25ClN4O3S. The molecular weight excluding hydrogens is 448 g/mol. The molecule has 2 aromatic heterocycles. The molecule has 0 fully saturated rings. The van der Waals surface area contributed by atoms with Crippen LogP contribution in [-0.4, -0.2) is 40.7 Å². The van der Waals surface area contributed by atoms with Crippen LogP contribution in [0, 0.1) is 6.92 Å². The largest absolute Gasteiger partial charge is 0.497 e. The molecule has 168 valence electrons. The van der Waals surface area contributed by atoms with E-state index in [9.17, 15) is 4.79 Å². The minimum Gasteiger partial charge on any atom is -0.497 e. The molecule has 0 saturated carbocycles. The first-order valence-corrected chi connectivity index (χ1v) is 10.8. The number of fused-ring (bicyclic) bond motifs is 1. The van der Waals surface area contributed by atoms with Crippen LogP contribution in [0.3, 0.4) is 0 Å². The molecule has 0 N–H and O–H groups in total. The van der Waals surface area contributed by atoms with Gasteiger partial charge in [-0.3, -0.25) is 9.69 Å². The standard InChI is InChI=1S/C23H24N4O3S.ClH/c1-17-5-3-6-20-22(17)25-23(31-20)27(13-4-12-26-14-11-24-16-26)21(28)15-30-19-9-7-18(29-2)8-10-19;/h3,5-11,14,16H,4,12-13,15H2,1-2H3;1H. The summed E-state index contributed by atoms with van der Waals surface area (Å²) in [7, 11) is 1.61. The van der Waals surface area contributed by atoms with Crippen LogP contribution in [0.1, 0.15) is 12.0 Å². The molecule has 0 bridgehead atoms. The second-order valence-electron chi connectivity index (χ2n) is 7.08. The van der Waals surface area contributed by atoms with Gasteiger partial charge in [-0.15, -0.1) is 12.4 Å². The molecule has 0 aliphatic carbocycles. The van der Waals surface area contributed by atoms with Crippen LogP contribution in [0.5, 0.6) is 11.5 Å². The summed E-state index contributed by atoms with van der Waals surface area (Å²) >= 11 is 1.53. The van der Waals surface area contributed by atoms with Crippen molar-refractivity contribution in [3.05, 3.63) is 66.7 Å². The van der Waals surface area contributed by atoms with Crippen molar-refractivity contribution in [1.29, 1.82) is 0 Å². The lowest BCUT2D eigenvalue weighted by Gasteiger charge is -2.20. The zero-order valence-electron chi connectivity index (χ0n) is 17.9. The van der Waals surface area contributed by atoms with E-state index >= 15 is 0 Å². The highest BCUT2D eigenvalue weighted by atomic mass is 35.5. The van der Waals surface area contributed by atoms with Gasteiger partial charge in [-0.25, -0.2) is 9.97 Å². The van der Waals surface area contributed by atoms with Crippen LogP contribution in [0.15, 0.2) is 61.2 Å². The lowest BCUT2D eigenvalue weighted by Crippen LogP contribution is -2.36. The molecule has 32 heavy (non-hydrogen) atoms. The van der Waals surface area contributed by atoms with E-state index in [4.69, 9.17) is 14.5 Å². The maximum Gasteiger partial charge on any atom is 0.266 e. The number of carbonyl (C=O) groups excluding carboxylic acids is 1. The lowest BCUT2D eigenvalue weighted by molar-refractivity contribution is -0.120. The van der Waals surface area contributed by atoms with Crippen molar-refractivity contribution < 1.29 is 14.3 Å². The van der Waals surface area contributed by atoms with Crippen molar-refractivity contribution in [2.24, 2.45) is 0 Å². The maximum atomic E-state index is 13.1. The number of amides is 1. The molecule has 4 aromatic rings. The Morgan fingerprint density at radius 3 is 2.62 bits per heavy atom. The van der Waals surface area contributed by atoms with Crippen LogP contribution < -0.4 is 14.4 Å². The van der Waals surface area contributed by atoms with E-state index in [1.165, 1.54) is 11.3 Å². The molecule has 0 radical (unpaired) electrons. The number of halogens is 1. The van der Waals surface area contributed by atoms with Crippen molar-refractivity contribution in [2.45, 2.75) is 19.9 Å². The molecule has 2 heterocycles. The molecule has 2 aromatic carbocycles. The number of para-hydroxylation sites is 1. The minimum absolute atomic E-state index is 0. The highest BCUT2D eigenvalue weighted by Crippen LogP contribution is 2.31. The van der Waals surface area contributed by atoms with Gasteiger partial charge in [-0.05, 0) is 49.2 Å². The Labute approximate surface area is 197 Å². The van der Waals surface area contributed by atoms with E-state index < -0.39 is 0 Å². The normalized spacial score (nSPS) is 10.6. The monoisotopic (exact) mass is 472 g/mol. The fourth-order valence-corrected chi connectivity index (χ4v) is 4.33. The fraction of sp³-hybridized carbons (Fsp3) is 0.261. The molecule has 0 unspecified atom stereocenters. The summed E-state index contributed by atoms with van der Waals surface area (Å²) in [6.07, 6.45) is 6.22. The Bertz CT molecular complexity index is 1150. The number of nitrogens with zero attached hydrogens (tertiary/aromatic N) is 4. The van der Waals surface area contributed by atoms with Crippen LogP contribution in [0.25, 0.3) is 10.2 Å². The van der Waals surface area contributed by atoms with Crippen molar-refractivity contribution in [3.63, 3.8) is 0 Å². The Morgan fingerprint density at radius 2 is 1.94 bits per heavy atom. The zero-order valence-corrected chi connectivity index (χ0v) is 19.6. The number of thiazole rings is 1. The number of benzene rings is 2. The van der Waals surface area contributed by atoms with E-state index in [1.807, 2.05) is 35.9 Å². The highest BCUT2D eigenvalue weighted by Gasteiger charge is 2.20. The van der Waals surface area contributed by atoms with E-state index in [-0.39, 0.29) is 24.9 Å². The molecule has 0 aliphatic heterocycles. The minimum atomic E-state index is -0.127. The molecule has 0 atom stereocenters. The quantitative estimate of drug-likeness (QED) is 0.352. The molecule has 0 spiro atoms. The van der Waals surface area contributed by atoms with Crippen LogP contribution >= 0.6 is 23.7 Å². The van der Waals surface area contributed by atoms with Crippen molar-refractivity contribution in [2.75, 3.05) is 25.2 Å². The Balaban J connectivity index is 0.00000289. The molecule has 0 aliphatic rings. The number of imidazole rings is 1. The molecule has 9 heteroatoms. The summed E-state index contributed by atoms with van der Waals surface area (Å²) in [6.45, 7) is 3.28. The third-order valence-electron chi connectivity index (χ3n) is 4.92. The number of rotatable bonds is 9. The van der Waals surface area contributed by atoms with Gasteiger partial charge in [0.2, 0.25) is 0 Å². The zero-order chi connectivity index (χ0) is 21.6. The number of hydrogen-bond donors (Lipinski definition) is 0. The van der Waals surface area contributed by atoms with Crippen molar-refractivity contribution >= 4 is 45.0 Å². The first-order valence-electron chi connectivity index (χ1n) is 10.0. The number of hydrogen-bond acceptors (Lipinski definition) is 6. The summed E-state index contributed by atoms with van der Waals surface area (Å²) in [5.74, 6) is 1.23. The van der Waals surface area contributed by atoms with Gasteiger partial charge in [0, 0.05) is 25.5 Å². The number of carbonyl (C=O) groups is 1. The van der Waals surface area contributed by atoms with Crippen LogP contribution in [-0.2, 0) is 11.3 Å².